The van der Waals surface area contributed by atoms with Gasteiger partial charge in [0.25, 0.3) is 11.5 Å². The van der Waals surface area contributed by atoms with Crippen molar-refractivity contribution in [1.82, 2.24) is 30.4 Å². The lowest BCUT2D eigenvalue weighted by Crippen LogP contribution is -2.19. The Bertz CT molecular complexity index is 1260. The van der Waals surface area contributed by atoms with E-state index < -0.39 is 5.91 Å². The molecule has 2 aromatic heterocycles. The first kappa shape index (κ1) is 16.3. The summed E-state index contributed by atoms with van der Waals surface area (Å²) in [6.07, 6.45) is 2.14. The number of carbonyl (C=O) groups excluding carboxylic acids is 1. The number of hydrogen-bond donors (Lipinski definition) is 2. The molecule has 0 aliphatic heterocycles. The highest BCUT2D eigenvalue weighted by atomic mass is 16.2. The Kier molecular flexibility index (Phi) is 3.71. The van der Waals surface area contributed by atoms with Gasteiger partial charge in [0, 0.05) is 16.6 Å². The van der Waals surface area contributed by atoms with Gasteiger partial charge < -0.3 is 5.32 Å². The molecule has 0 atom stereocenters. The first-order valence-electron chi connectivity index (χ1n) is 8.88. The van der Waals surface area contributed by atoms with E-state index in [2.05, 4.69) is 31.0 Å². The van der Waals surface area contributed by atoms with E-state index in [4.69, 9.17) is 0 Å². The number of nitrogens with one attached hydrogen (secondary N) is 2. The van der Waals surface area contributed by atoms with E-state index in [-0.39, 0.29) is 11.3 Å². The predicted octanol–water partition coefficient (Wildman–Crippen LogP) is 2.16. The van der Waals surface area contributed by atoms with Crippen molar-refractivity contribution in [3.8, 4) is 11.4 Å². The summed E-state index contributed by atoms with van der Waals surface area (Å²) in [5.74, 6) is 0.262. The van der Waals surface area contributed by atoms with Crippen LogP contribution in [0, 0.1) is 0 Å². The molecule has 0 spiro atoms. The molecule has 5 rings (SSSR count). The number of anilines is 1. The van der Waals surface area contributed by atoms with Gasteiger partial charge in [-0.1, -0.05) is 30.3 Å². The molecule has 9 nitrogen and oxygen atoms in total. The van der Waals surface area contributed by atoms with E-state index in [0.717, 1.165) is 18.4 Å². The van der Waals surface area contributed by atoms with Gasteiger partial charge in [-0.15, -0.1) is 5.10 Å². The Morgan fingerprint density at radius 1 is 1.11 bits per heavy atom. The highest BCUT2D eigenvalue weighted by Crippen LogP contribution is 2.36. The molecule has 1 saturated carbocycles. The molecule has 2 N–H and O–H groups in total. The number of aromatic amines is 1. The third-order valence-electron chi connectivity index (χ3n) is 4.68. The van der Waals surface area contributed by atoms with E-state index in [0.29, 0.717) is 28.3 Å². The van der Waals surface area contributed by atoms with Crippen LogP contribution in [0.1, 0.15) is 29.4 Å². The molecule has 1 fully saturated rings. The van der Waals surface area contributed by atoms with Crippen LogP contribution in [0.15, 0.2) is 53.3 Å². The minimum atomic E-state index is -0.411. The maximum absolute atomic E-state index is 12.8. The van der Waals surface area contributed by atoms with E-state index in [1.807, 2.05) is 22.9 Å². The lowest BCUT2D eigenvalue weighted by Gasteiger charge is -2.08. The third kappa shape index (κ3) is 2.82. The summed E-state index contributed by atoms with van der Waals surface area (Å²) in [7, 11) is 0. The van der Waals surface area contributed by atoms with Crippen molar-refractivity contribution in [2.45, 2.75) is 18.9 Å². The van der Waals surface area contributed by atoms with Crippen LogP contribution in [-0.2, 0) is 0 Å². The van der Waals surface area contributed by atoms with E-state index in [1.54, 1.807) is 30.3 Å². The molecule has 0 unspecified atom stereocenters. The smallest absolute Gasteiger partial charge is 0.276 e. The number of benzene rings is 2. The number of amides is 1. The first-order chi connectivity index (χ1) is 13.7. The van der Waals surface area contributed by atoms with Crippen LogP contribution in [0.2, 0.25) is 0 Å². The van der Waals surface area contributed by atoms with Crippen LogP contribution < -0.4 is 10.9 Å². The minimum absolute atomic E-state index is 0.156. The molecular formula is C19H15N7O2. The van der Waals surface area contributed by atoms with Crippen molar-refractivity contribution in [2.75, 3.05) is 5.32 Å². The van der Waals surface area contributed by atoms with Crippen LogP contribution in [0.25, 0.3) is 22.2 Å². The molecule has 0 bridgehead atoms. The fourth-order valence-electron chi connectivity index (χ4n) is 3.16. The monoisotopic (exact) mass is 373 g/mol. The number of tetrazole rings is 1. The van der Waals surface area contributed by atoms with Gasteiger partial charge in [0.1, 0.15) is 0 Å². The number of H-pyrrole nitrogens is 1. The van der Waals surface area contributed by atoms with Crippen LogP contribution in [0.4, 0.5) is 5.69 Å². The lowest BCUT2D eigenvalue weighted by atomic mass is 10.1. The molecule has 9 heteroatoms. The third-order valence-corrected chi connectivity index (χ3v) is 4.68. The van der Waals surface area contributed by atoms with Crippen LogP contribution in [-0.4, -0.2) is 36.3 Å². The summed E-state index contributed by atoms with van der Waals surface area (Å²) < 4.78 is 1.82. The van der Waals surface area contributed by atoms with Crippen molar-refractivity contribution in [1.29, 1.82) is 0 Å². The van der Waals surface area contributed by atoms with Crippen molar-refractivity contribution >= 4 is 22.4 Å². The molecule has 4 aromatic rings. The zero-order valence-corrected chi connectivity index (χ0v) is 14.7. The second-order valence-electron chi connectivity index (χ2n) is 6.66. The molecule has 138 valence electrons. The topological polar surface area (TPSA) is 118 Å². The SMILES string of the molecule is O=C(Nc1cccc(-c2nnnn2C2CC2)c1)c1n[nH]c(=O)c2ccccc12. The molecule has 1 amide bonds. The number of nitrogens with zero attached hydrogens (tertiary/aromatic N) is 5. The fraction of sp³-hybridized carbons (Fsp3) is 0.158. The van der Waals surface area contributed by atoms with Gasteiger partial charge in [-0.05, 0) is 41.5 Å². The molecule has 1 aliphatic carbocycles. The summed E-state index contributed by atoms with van der Waals surface area (Å²) in [4.78, 5) is 24.7. The number of aromatic nitrogens is 6. The Morgan fingerprint density at radius 2 is 1.93 bits per heavy atom. The van der Waals surface area contributed by atoms with E-state index >= 15 is 0 Å². The average Bonchev–Trinajstić information content (AvgIpc) is 3.45. The predicted molar refractivity (Wildman–Crippen MR) is 102 cm³/mol. The largest absolute Gasteiger partial charge is 0.321 e. The minimum Gasteiger partial charge on any atom is -0.321 e. The Labute approximate surface area is 158 Å². The van der Waals surface area contributed by atoms with Crippen LogP contribution in [0.3, 0.4) is 0 Å². The molecule has 2 aromatic carbocycles. The van der Waals surface area contributed by atoms with Gasteiger partial charge >= 0.3 is 0 Å². The van der Waals surface area contributed by atoms with Gasteiger partial charge in [0.15, 0.2) is 11.5 Å². The number of fused-ring (bicyclic) bond motifs is 1. The normalized spacial score (nSPS) is 13.6. The first-order valence-corrected chi connectivity index (χ1v) is 8.88. The van der Waals surface area contributed by atoms with Crippen LogP contribution in [0.5, 0.6) is 0 Å². The number of hydrogen-bond acceptors (Lipinski definition) is 6. The summed E-state index contributed by atoms with van der Waals surface area (Å²) in [5.41, 5.74) is 1.23. The standard InChI is InChI=1S/C19H15N7O2/c27-18-15-7-2-1-6-14(15)16(21-23-18)19(28)20-12-5-3-4-11(10-12)17-22-24-25-26(17)13-8-9-13/h1-7,10,13H,8-9H2,(H,20,28)(H,23,27). The average molecular weight is 373 g/mol. The molecule has 28 heavy (non-hydrogen) atoms. The summed E-state index contributed by atoms with van der Waals surface area (Å²) >= 11 is 0. The van der Waals surface area contributed by atoms with Gasteiger partial charge in [-0.3, -0.25) is 9.59 Å². The molecule has 0 saturated heterocycles. The number of carbonyl (C=O) groups is 1. The van der Waals surface area contributed by atoms with Gasteiger partial charge in [-0.2, -0.15) is 5.10 Å². The second kappa shape index (κ2) is 6.38. The van der Waals surface area contributed by atoms with Crippen molar-refractivity contribution in [3.05, 3.63) is 64.6 Å². The molecule has 1 aliphatic rings. The van der Waals surface area contributed by atoms with Crippen LogP contribution >= 0.6 is 0 Å². The summed E-state index contributed by atoms with van der Waals surface area (Å²) in [6, 6.07) is 14.5. The fourth-order valence-corrected chi connectivity index (χ4v) is 3.16. The maximum Gasteiger partial charge on any atom is 0.276 e. The zero-order valence-electron chi connectivity index (χ0n) is 14.7. The summed E-state index contributed by atoms with van der Waals surface area (Å²) in [5, 5.41) is 22.0. The highest BCUT2D eigenvalue weighted by Gasteiger charge is 2.28. The van der Waals surface area contributed by atoms with Crippen molar-refractivity contribution in [3.63, 3.8) is 0 Å². The molecule has 2 heterocycles. The molecule has 0 radical (unpaired) electrons. The lowest BCUT2D eigenvalue weighted by molar-refractivity contribution is 0.102. The Hall–Kier alpha value is -3.88. The van der Waals surface area contributed by atoms with Gasteiger partial charge in [0.2, 0.25) is 0 Å². The highest BCUT2D eigenvalue weighted by molar-refractivity contribution is 6.11. The quantitative estimate of drug-likeness (QED) is 0.566. The summed E-state index contributed by atoms with van der Waals surface area (Å²) in [6.45, 7) is 0. The van der Waals surface area contributed by atoms with Crippen molar-refractivity contribution in [2.24, 2.45) is 0 Å². The number of rotatable bonds is 4. The van der Waals surface area contributed by atoms with E-state index in [9.17, 15) is 9.59 Å². The van der Waals surface area contributed by atoms with E-state index in [1.165, 1.54) is 0 Å². The zero-order chi connectivity index (χ0) is 19.1. The second-order valence-corrected chi connectivity index (χ2v) is 6.66. The Balaban J connectivity index is 1.47. The maximum atomic E-state index is 12.8. The van der Waals surface area contributed by atoms with Gasteiger partial charge in [0.05, 0.1) is 11.4 Å². The Morgan fingerprint density at radius 3 is 2.75 bits per heavy atom. The molecular weight excluding hydrogens is 358 g/mol. The van der Waals surface area contributed by atoms with Crippen molar-refractivity contribution < 1.29 is 4.79 Å². The van der Waals surface area contributed by atoms with Gasteiger partial charge in [-0.25, -0.2) is 9.78 Å².